The van der Waals surface area contributed by atoms with Crippen molar-refractivity contribution in [2.45, 2.75) is 132 Å². The molecule has 2 aliphatic heterocycles. The lowest BCUT2D eigenvalue weighted by Gasteiger charge is -2.30. The zero-order valence-electron chi connectivity index (χ0n) is 30.7. The zero-order valence-corrected chi connectivity index (χ0v) is 31.6. The number of hydrogen-bond donors (Lipinski definition) is 2. The van der Waals surface area contributed by atoms with Gasteiger partial charge in [-0.05, 0) is 87.6 Å². The number of Topliss-reactive ketones (excluding diaryl/α,β-unsaturated/α-hetero) is 1. The summed E-state index contributed by atoms with van der Waals surface area (Å²) < 4.78 is 56.0. The van der Waals surface area contributed by atoms with Gasteiger partial charge in [-0.15, -0.1) is 0 Å². The van der Waals surface area contributed by atoms with Crippen molar-refractivity contribution in [3.05, 3.63) is 65.5 Å². The third kappa shape index (κ3) is 8.17. The molecule has 54 heavy (non-hydrogen) atoms. The topological polar surface area (TPSA) is 148 Å². The molecule has 0 spiro atoms. The minimum Gasteiger partial charge on any atom is -0.472 e. The van der Waals surface area contributed by atoms with Crippen molar-refractivity contribution in [3.8, 4) is 5.88 Å². The molecule has 1 aromatic heterocycles. The lowest BCUT2D eigenvalue weighted by Crippen LogP contribution is -2.52. The Labute approximate surface area is 314 Å². The molecule has 4 aliphatic rings. The number of ketones is 1. The van der Waals surface area contributed by atoms with Crippen LogP contribution in [0.4, 0.5) is 13.6 Å². The first kappa shape index (κ1) is 38.3. The highest BCUT2D eigenvalue weighted by atomic mass is 31.2. The van der Waals surface area contributed by atoms with Crippen LogP contribution in [0.5, 0.6) is 5.88 Å². The van der Waals surface area contributed by atoms with E-state index in [1.165, 1.54) is 17.3 Å². The molecule has 2 aromatic carbocycles. The second-order valence-corrected chi connectivity index (χ2v) is 18.4. The molecule has 4 fully saturated rings. The minimum atomic E-state index is -4.38. The number of carbonyl (C=O) groups is 3. The molecule has 7 rings (SSSR count). The Hall–Kier alpha value is -3.96. The molecule has 2 saturated carbocycles. The van der Waals surface area contributed by atoms with Crippen molar-refractivity contribution in [3.63, 3.8) is 0 Å². The highest BCUT2D eigenvalue weighted by Crippen LogP contribution is 2.75. The summed E-state index contributed by atoms with van der Waals surface area (Å²) in [7, 11) is -4.38. The van der Waals surface area contributed by atoms with E-state index < -0.39 is 71.9 Å². The molecule has 6 atom stereocenters. The Morgan fingerprint density at radius 3 is 2.44 bits per heavy atom. The number of nitrogens with one attached hydrogen (secondary N) is 1. The molecule has 2 amide bonds. The number of benzene rings is 2. The molecule has 2 saturated heterocycles. The minimum absolute atomic E-state index is 0.0100. The lowest BCUT2D eigenvalue weighted by molar-refractivity contribution is -0.139. The Balaban J connectivity index is 1.19. The highest BCUT2D eigenvalue weighted by molar-refractivity contribution is 7.59. The lowest BCUT2D eigenvalue weighted by atomic mass is 10.0. The normalized spacial score (nSPS) is 28.0. The molecule has 2 unspecified atom stereocenters. The van der Waals surface area contributed by atoms with Gasteiger partial charge in [0.15, 0.2) is 5.78 Å². The van der Waals surface area contributed by atoms with E-state index in [9.17, 15) is 32.6 Å². The third-order valence-corrected chi connectivity index (χ3v) is 14.8. The van der Waals surface area contributed by atoms with E-state index >= 15 is 0 Å². The van der Waals surface area contributed by atoms with Crippen LogP contribution >= 0.6 is 7.37 Å². The number of fused-ring (bicyclic) bond motifs is 3. The van der Waals surface area contributed by atoms with Gasteiger partial charge < -0.3 is 24.6 Å². The summed E-state index contributed by atoms with van der Waals surface area (Å²) in [5.41, 5.74) is 1.21. The SMILES string of the molecule is Cc1ccc2c(OC3C[C@H]4C(=O)C[C@]5(P(=O)(O)Cc6c(F)cccc6F)C[C@H]5CCCCCCC[C@H](NC(=O)OC5CCCC5)C(=O)N4C3)ncnc2c1. The molecular formula is C40H49F2N4O7P. The molecule has 11 nitrogen and oxygen atoms in total. The maximum atomic E-state index is 14.8. The summed E-state index contributed by atoms with van der Waals surface area (Å²) in [6.45, 7) is 1.96. The first-order chi connectivity index (χ1) is 25.9. The van der Waals surface area contributed by atoms with Crippen molar-refractivity contribution in [2.24, 2.45) is 5.92 Å². The van der Waals surface area contributed by atoms with Crippen LogP contribution in [0.1, 0.15) is 101 Å². The van der Waals surface area contributed by atoms with Gasteiger partial charge >= 0.3 is 6.09 Å². The number of alkyl carbamates (subject to hydrolysis) is 1. The third-order valence-electron chi connectivity index (χ3n) is 12.0. The van der Waals surface area contributed by atoms with Crippen LogP contribution in [0.25, 0.3) is 10.9 Å². The largest absolute Gasteiger partial charge is 0.472 e. The number of halogens is 2. The average Bonchev–Trinajstić information content (AvgIpc) is 3.41. The van der Waals surface area contributed by atoms with Crippen LogP contribution in [0.2, 0.25) is 0 Å². The van der Waals surface area contributed by atoms with Gasteiger partial charge in [-0.1, -0.05) is 44.2 Å². The molecule has 2 aliphatic carbocycles. The second kappa shape index (κ2) is 16.0. The fraction of sp³-hybridized carbons (Fsp3) is 0.575. The van der Waals surface area contributed by atoms with Crippen molar-refractivity contribution >= 4 is 36.1 Å². The van der Waals surface area contributed by atoms with E-state index in [1.807, 2.05) is 25.1 Å². The monoisotopic (exact) mass is 766 g/mol. The van der Waals surface area contributed by atoms with E-state index in [1.54, 1.807) is 0 Å². The Bertz CT molecular complexity index is 1920. The van der Waals surface area contributed by atoms with E-state index in [4.69, 9.17) is 9.47 Å². The summed E-state index contributed by atoms with van der Waals surface area (Å²) in [4.78, 5) is 64.1. The number of aromatic nitrogens is 2. The van der Waals surface area contributed by atoms with Gasteiger partial charge in [0.05, 0.1) is 34.8 Å². The molecular weight excluding hydrogens is 717 g/mol. The van der Waals surface area contributed by atoms with Crippen molar-refractivity contribution in [1.29, 1.82) is 0 Å². The number of amides is 2. The smallest absolute Gasteiger partial charge is 0.408 e. The number of rotatable bonds is 7. The van der Waals surface area contributed by atoms with Gasteiger partial charge in [0.1, 0.15) is 36.2 Å². The van der Waals surface area contributed by atoms with Gasteiger partial charge in [0.25, 0.3) is 0 Å². The molecule has 290 valence electrons. The van der Waals surface area contributed by atoms with Crippen molar-refractivity contribution in [1.82, 2.24) is 20.2 Å². The van der Waals surface area contributed by atoms with Gasteiger partial charge in [0, 0.05) is 18.4 Å². The van der Waals surface area contributed by atoms with Crippen LogP contribution in [0.3, 0.4) is 0 Å². The van der Waals surface area contributed by atoms with E-state index in [0.717, 1.165) is 69.1 Å². The van der Waals surface area contributed by atoms with Crippen LogP contribution < -0.4 is 10.1 Å². The summed E-state index contributed by atoms with van der Waals surface area (Å²) in [5, 5.41) is 2.10. The van der Waals surface area contributed by atoms with Crippen LogP contribution in [-0.4, -0.2) is 73.5 Å². The summed E-state index contributed by atoms with van der Waals surface area (Å²) in [6.07, 6.45) is 7.50. The van der Waals surface area contributed by atoms with Gasteiger partial charge in [-0.3, -0.25) is 14.2 Å². The molecule has 14 heteroatoms. The van der Waals surface area contributed by atoms with Gasteiger partial charge in [0.2, 0.25) is 19.2 Å². The molecule has 0 bridgehead atoms. The Morgan fingerprint density at radius 2 is 1.69 bits per heavy atom. The quantitative estimate of drug-likeness (QED) is 0.233. The number of nitrogens with zero attached hydrogens (tertiary/aromatic N) is 3. The van der Waals surface area contributed by atoms with Crippen LogP contribution in [0, 0.1) is 24.5 Å². The van der Waals surface area contributed by atoms with Crippen LogP contribution in [0.15, 0.2) is 42.7 Å². The van der Waals surface area contributed by atoms with Crippen molar-refractivity contribution in [2.75, 3.05) is 6.54 Å². The number of ether oxygens (including phenoxy) is 2. The fourth-order valence-electron chi connectivity index (χ4n) is 8.87. The fourth-order valence-corrected chi connectivity index (χ4v) is 11.5. The molecule has 0 radical (unpaired) electrons. The number of aryl methyl sites for hydroxylation is 1. The predicted molar refractivity (Wildman–Crippen MR) is 197 cm³/mol. The summed E-state index contributed by atoms with van der Waals surface area (Å²) >= 11 is 0. The maximum Gasteiger partial charge on any atom is 0.408 e. The Kier molecular flexibility index (Phi) is 11.4. The van der Waals surface area contributed by atoms with E-state index in [-0.39, 0.29) is 37.8 Å². The van der Waals surface area contributed by atoms with E-state index in [2.05, 4.69) is 15.3 Å². The predicted octanol–water partition coefficient (Wildman–Crippen LogP) is 7.53. The maximum absolute atomic E-state index is 14.8. The van der Waals surface area contributed by atoms with Gasteiger partial charge in [-0.2, -0.15) is 0 Å². The number of hydrogen-bond acceptors (Lipinski definition) is 8. The zero-order chi connectivity index (χ0) is 38.0. The number of carbonyl (C=O) groups excluding carboxylic acids is 3. The van der Waals surface area contributed by atoms with Crippen LogP contribution in [-0.2, 0) is 25.1 Å². The van der Waals surface area contributed by atoms with Crippen molar-refractivity contribution < 1.29 is 42.1 Å². The van der Waals surface area contributed by atoms with Gasteiger partial charge in [-0.25, -0.2) is 23.5 Å². The summed E-state index contributed by atoms with van der Waals surface area (Å²) in [6, 6.07) is 6.99. The highest BCUT2D eigenvalue weighted by Gasteiger charge is 2.66. The average molecular weight is 767 g/mol. The van der Waals surface area contributed by atoms with E-state index in [0.29, 0.717) is 36.0 Å². The molecule has 2 N–H and O–H groups in total. The first-order valence-electron chi connectivity index (χ1n) is 19.4. The first-order valence-corrected chi connectivity index (χ1v) is 21.2. The Morgan fingerprint density at radius 1 is 0.981 bits per heavy atom. The standard InChI is InChI=1S/C40H49F2N4O7P/c1-25-16-17-29-34(18-25)43-24-44-37(29)52-28-19-35-36(47)21-40(54(50,51)23-30-31(41)13-9-14-32(30)42)20-26(40)10-5-3-2-4-6-15-33(38(48)46(35)22-28)45-39(49)53-27-11-7-8-12-27/h9,13-14,16-18,24,26-28,33,35H,2-8,10-12,15,19-23H2,1H3,(H,45,49)(H,50,51)/t26-,28?,33+,35+,40-/m1/s1. The second-order valence-electron chi connectivity index (χ2n) is 15.7. The summed E-state index contributed by atoms with van der Waals surface area (Å²) in [5.74, 6) is -2.69. The molecule has 3 aromatic rings. The molecule has 3 heterocycles.